The molecule has 3 N–H and O–H groups in total. The van der Waals surface area contributed by atoms with Crippen LogP contribution in [0.3, 0.4) is 0 Å². The molecule has 1 aliphatic carbocycles. The van der Waals surface area contributed by atoms with E-state index in [1.54, 1.807) is 17.0 Å². The molecule has 0 bridgehead atoms. The minimum absolute atomic E-state index is 0.0663. The van der Waals surface area contributed by atoms with Gasteiger partial charge in [0.05, 0.1) is 33.9 Å². The third-order valence-electron chi connectivity index (χ3n) is 9.38. The lowest BCUT2D eigenvalue weighted by Crippen LogP contribution is -2.42. The van der Waals surface area contributed by atoms with Crippen molar-refractivity contribution in [3.8, 4) is 0 Å². The number of aromatic nitrogens is 2. The number of aryl methyl sites for hydroxylation is 2. The molecule has 262 valence electrons. The van der Waals surface area contributed by atoms with Crippen LogP contribution in [0.1, 0.15) is 80.8 Å². The van der Waals surface area contributed by atoms with Crippen molar-refractivity contribution >= 4 is 62.8 Å². The summed E-state index contributed by atoms with van der Waals surface area (Å²) < 4.78 is 70.7. The number of imidazole rings is 1. The minimum atomic E-state index is -4.28. The van der Waals surface area contributed by atoms with Gasteiger partial charge in [-0.25, -0.2) is 13.8 Å². The van der Waals surface area contributed by atoms with Crippen LogP contribution < -0.4 is 20.9 Å². The van der Waals surface area contributed by atoms with E-state index in [4.69, 9.17) is 4.98 Å². The molecule has 2 heterocycles. The molecule has 0 unspecified atom stereocenters. The molecule has 5 rings (SSSR count). The third kappa shape index (κ3) is 7.99. The lowest BCUT2D eigenvalue weighted by Gasteiger charge is -2.35. The average molecular weight is 789 g/mol. The highest BCUT2D eigenvalue weighted by Crippen LogP contribution is 2.39. The molecule has 1 saturated carbocycles. The molecule has 1 saturated heterocycles. The fourth-order valence-electron chi connectivity index (χ4n) is 6.24. The zero-order valence-corrected chi connectivity index (χ0v) is 29.9. The second-order valence-corrected chi connectivity index (χ2v) is 15.1. The van der Waals surface area contributed by atoms with Crippen molar-refractivity contribution in [3.05, 3.63) is 44.5 Å². The Hall–Kier alpha value is -3.17. The van der Waals surface area contributed by atoms with E-state index < -0.39 is 35.4 Å². The Labute approximate surface area is 290 Å². The number of halogens is 6. The van der Waals surface area contributed by atoms with Gasteiger partial charge in [0.15, 0.2) is 0 Å². The van der Waals surface area contributed by atoms with Crippen molar-refractivity contribution in [3.63, 3.8) is 0 Å². The van der Waals surface area contributed by atoms with Gasteiger partial charge in [-0.15, -0.1) is 0 Å². The number of fused-ring (bicyclic) bond motifs is 1. The Morgan fingerprint density at radius 2 is 1.69 bits per heavy atom. The summed E-state index contributed by atoms with van der Waals surface area (Å²) >= 11 is 2.24. The van der Waals surface area contributed by atoms with Crippen LogP contribution in [0.4, 0.5) is 39.3 Å². The number of alkyl halides is 5. The lowest BCUT2D eigenvalue weighted by atomic mass is 9.92. The van der Waals surface area contributed by atoms with Crippen LogP contribution in [0.2, 0.25) is 0 Å². The molecule has 1 aliphatic heterocycles. The van der Waals surface area contributed by atoms with Gasteiger partial charge in [-0.1, -0.05) is 32.9 Å². The first kappa shape index (κ1) is 36.1. The van der Waals surface area contributed by atoms with Crippen LogP contribution in [0.25, 0.3) is 11.0 Å². The second kappa shape index (κ2) is 13.6. The first-order valence-corrected chi connectivity index (χ1v) is 17.3. The van der Waals surface area contributed by atoms with Gasteiger partial charge in [0.2, 0.25) is 17.8 Å². The summed E-state index contributed by atoms with van der Waals surface area (Å²) in [5, 5.41) is 9.31. The van der Waals surface area contributed by atoms with Gasteiger partial charge in [-0.2, -0.15) is 13.2 Å². The molecule has 14 heteroatoms. The number of amides is 2. The van der Waals surface area contributed by atoms with Gasteiger partial charge in [-0.3, -0.25) is 9.59 Å². The van der Waals surface area contributed by atoms with E-state index in [9.17, 15) is 31.5 Å². The average Bonchev–Trinajstić information content (AvgIpc) is 3.32. The lowest BCUT2D eigenvalue weighted by molar-refractivity contribution is -0.179. The number of nitrogens with one attached hydrogen (secondary N) is 3. The van der Waals surface area contributed by atoms with Gasteiger partial charge in [0.25, 0.3) is 5.91 Å². The highest BCUT2D eigenvalue weighted by molar-refractivity contribution is 14.1. The summed E-state index contributed by atoms with van der Waals surface area (Å²) in [6.45, 7) is 8.08. The molecule has 2 fully saturated rings. The van der Waals surface area contributed by atoms with E-state index in [1.165, 1.54) is 0 Å². The summed E-state index contributed by atoms with van der Waals surface area (Å²) in [6, 6.07) is 6.91. The monoisotopic (exact) mass is 788 g/mol. The molecular weight excluding hydrogens is 746 g/mol. The molecule has 1 aromatic heterocycles. The fourth-order valence-corrected chi connectivity index (χ4v) is 7.17. The molecular formula is C34H42F5IN6O2. The summed E-state index contributed by atoms with van der Waals surface area (Å²) in [7, 11) is 1.81. The van der Waals surface area contributed by atoms with E-state index >= 15 is 0 Å². The predicted molar refractivity (Wildman–Crippen MR) is 185 cm³/mol. The summed E-state index contributed by atoms with van der Waals surface area (Å²) in [4.78, 5) is 32.8. The number of hydrogen-bond acceptors (Lipinski definition) is 5. The van der Waals surface area contributed by atoms with E-state index in [0.717, 1.165) is 20.4 Å². The Morgan fingerprint density at radius 1 is 1.04 bits per heavy atom. The Kier molecular flexibility index (Phi) is 10.2. The second-order valence-electron chi connectivity index (χ2n) is 14.0. The maximum absolute atomic E-state index is 13.8. The van der Waals surface area contributed by atoms with Crippen LogP contribution in [0, 0.1) is 21.8 Å². The smallest absolute Gasteiger partial charge is 0.371 e. The van der Waals surface area contributed by atoms with Gasteiger partial charge in [0.1, 0.15) is 0 Å². The van der Waals surface area contributed by atoms with Crippen LogP contribution in [0.15, 0.2) is 24.3 Å². The SMILES string of the molecule is Cc1ccc(CNC(=O)C(C)(C)C)c(I)c1Nc1nc2cc(C(=O)NC3CCC(F)(F)CC3)c(N3CCC(C(F)(F)F)CC3)cc2n1C. The first-order chi connectivity index (χ1) is 22.3. The molecule has 0 atom stereocenters. The molecule has 2 aromatic carbocycles. The first-order valence-electron chi connectivity index (χ1n) is 16.2. The van der Waals surface area contributed by atoms with Gasteiger partial charge in [-0.05, 0) is 78.5 Å². The Balaban J connectivity index is 1.47. The standard InChI is InChI=1S/C34H42F5IN6O2/c1-19-6-7-20(18-41-30(48)32(2,3)4)27(40)28(19)44-31-43-24-16-23(29(47)42-22-8-12-33(35,36)13-9-22)25(17-26(24)45(31)5)46-14-10-21(11-15-46)34(37,38)39/h6-7,16-17,21-22H,8-15,18H2,1-5H3,(H,41,48)(H,42,47)(H,43,44). The van der Waals surface area contributed by atoms with E-state index in [1.807, 2.05) is 51.4 Å². The topological polar surface area (TPSA) is 91.3 Å². The van der Waals surface area contributed by atoms with E-state index in [-0.39, 0.29) is 63.1 Å². The molecule has 3 aromatic rings. The number of piperidine rings is 1. The minimum Gasteiger partial charge on any atom is -0.371 e. The van der Waals surface area contributed by atoms with E-state index in [0.29, 0.717) is 29.2 Å². The molecule has 8 nitrogen and oxygen atoms in total. The summed E-state index contributed by atoms with van der Waals surface area (Å²) in [5.41, 5.74) is 4.04. The highest BCUT2D eigenvalue weighted by atomic mass is 127. The number of anilines is 3. The number of benzene rings is 2. The Morgan fingerprint density at radius 3 is 2.29 bits per heavy atom. The summed E-state index contributed by atoms with van der Waals surface area (Å²) in [6.07, 6.45) is -4.82. The van der Waals surface area contributed by atoms with Crippen molar-refractivity contribution < 1.29 is 31.5 Å². The largest absolute Gasteiger partial charge is 0.391 e. The number of carbonyl (C=O) groups excluding carboxylic acids is 2. The quantitative estimate of drug-likeness (QED) is 0.167. The molecule has 0 spiro atoms. The third-order valence-corrected chi connectivity index (χ3v) is 10.6. The van der Waals surface area contributed by atoms with Gasteiger partial charge in [0, 0.05) is 54.6 Å². The summed E-state index contributed by atoms with van der Waals surface area (Å²) in [5.74, 6) is -4.20. The number of hydrogen-bond donors (Lipinski definition) is 3. The maximum Gasteiger partial charge on any atom is 0.391 e. The molecule has 2 amide bonds. The molecule has 2 aliphatic rings. The fraction of sp³-hybridized carbons (Fsp3) is 0.559. The van der Waals surface area contributed by atoms with Crippen LogP contribution >= 0.6 is 22.6 Å². The Bertz CT molecular complexity index is 1680. The highest BCUT2D eigenvalue weighted by Gasteiger charge is 2.42. The number of carbonyl (C=O) groups is 2. The van der Waals surface area contributed by atoms with Crippen molar-refractivity contribution in [1.29, 1.82) is 0 Å². The maximum atomic E-state index is 13.8. The number of rotatable bonds is 7. The van der Waals surface area contributed by atoms with Crippen LogP contribution in [0.5, 0.6) is 0 Å². The van der Waals surface area contributed by atoms with E-state index in [2.05, 4.69) is 38.5 Å². The van der Waals surface area contributed by atoms with Gasteiger partial charge >= 0.3 is 6.18 Å². The van der Waals surface area contributed by atoms with Crippen molar-refractivity contribution in [2.75, 3.05) is 23.3 Å². The van der Waals surface area contributed by atoms with Crippen LogP contribution in [-0.2, 0) is 18.4 Å². The molecule has 0 radical (unpaired) electrons. The zero-order valence-electron chi connectivity index (χ0n) is 27.8. The van der Waals surface area contributed by atoms with Crippen molar-refractivity contribution in [1.82, 2.24) is 20.2 Å². The number of nitrogens with zero attached hydrogens (tertiary/aromatic N) is 3. The predicted octanol–water partition coefficient (Wildman–Crippen LogP) is 7.98. The zero-order chi connectivity index (χ0) is 35.2. The van der Waals surface area contributed by atoms with Crippen molar-refractivity contribution in [2.24, 2.45) is 18.4 Å². The molecule has 48 heavy (non-hydrogen) atoms. The van der Waals surface area contributed by atoms with Crippen molar-refractivity contribution in [2.45, 2.75) is 90.9 Å². The van der Waals surface area contributed by atoms with Crippen LogP contribution in [-0.4, -0.2) is 52.6 Å². The van der Waals surface area contributed by atoms with Gasteiger partial charge < -0.3 is 25.4 Å². The normalized spacial score (nSPS) is 17.9.